The topological polar surface area (TPSA) is 26.3 Å². The number of ether oxygens (including phenoxy) is 1. The van der Waals surface area contributed by atoms with Crippen molar-refractivity contribution in [1.82, 2.24) is 0 Å². The molecule has 0 aliphatic carbocycles. The van der Waals surface area contributed by atoms with Gasteiger partial charge in [-0.2, -0.15) is 0 Å². The number of carbonyl (C=O) groups excluding carboxylic acids is 1. The monoisotopic (exact) mass is 480 g/mol. The van der Waals surface area contributed by atoms with E-state index < -0.39 is 0 Å². The van der Waals surface area contributed by atoms with Crippen LogP contribution < -0.4 is 0 Å². The molecule has 0 spiro atoms. The Morgan fingerprint density at radius 3 is 1.12 bits per heavy atom. The molecule has 0 aromatic rings. The third kappa shape index (κ3) is 26.1. The van der Waals surface area contributed by atoms with Crippen LogP contribution in [-0.4, -0.2) is 12.6 Å². The van der Waals surface area contributed by atoms with Gasteiger partial charge in [-0.15, -0.1) is 0 Å². The highest BCUT2D eigenvalue weighted by Gasteiger charge is 2.10. The molecule has 0 amide bonds. The second-order valence-electron chi connectivity index (χ2n) is 10.9. The number of rotatable bonds is 28. The highest BCUT2D eigenvalue weighted by atomic mass is 16.5. The van der Waals surface area contributed by atoms with Crippen LogP contribution in [0, 0.1) is 5.92 Å². The van der Waals surface area contributed by atoms with Crippen LogP contribution in [-0.2, 0) is 9.53 Å². The van der Waals surface area contributed by atoms with Crippen LogP contribution >= 0.6 is 0 Å². The fourth-order valence-electron chi connectivity index (χ4n) is 5.07. The lowest BCUT2D eigenvalue weighted by atomic mass is 9.91. The predicted molar refractivity (Wildman–Crippen MR) is 152 cm³/mol. The van der Waals surface area contributed by atoms with Crippen molar-refractivity contribution in [2.75, 3.05) is 6.61 Å². The lowest BCUT2D eigenvalue weighted by Crippen LogP contribution is -2.09. The molecule has 0 saturated carbocycles. The van der Waals surface area contributed by atoms with Gasteiger partial charge in [0.1, 0.15) is 0 Å². The first-order chi connectivity index (χ1) is 16.7. The normalized spacial score (nSPS) is 12.2. The Morgan fingerprint density at radius 2 is 0.794 bits per heavy atom. The van der Waals surface area contributed by atoms with Crippen LogP contribution in [0.4, 0.5) is 0 Å². The number of carbonyl (C=O) groups is 1. The Morgan fingerprint density at radius 1 is 0.471 bits per heavy atom. The van der Waals surface area contributed by atoms with Gasteiger partial charge in [0, 0.05) is 6.42 Å². The van der Waals surface area contributed by atoms with Crippen LogP contribution in [0.5, 0.6) is 0 Å². The van der Waals surface area contributed by atoms with Gasteiger partial charge < -0.3 is 4.74 Å². The van der Waals surface area contributed by atoms with Gasteiger partial charge in [0.05, 0.1) is 6.61 Å². The van der Waals surface area contributed by atoms with Crippen LogP contribution in [0.2, 0.25) is 0 Å². The summed E-state index contributed by atoms with van der Waals surface area (Å²) in [5, 5.41) is 0. The van der Waals surface area contributed by atoms with Gasteiger partial charge in [0.25, 0.3) is 0 Å². The average Bonchev–Trinajstić information content (AvgIpc) is 2.85. The summed E-state index contributed by atoms with van der Waals surface area (Å²) >= 11 is 0. The quantitative estimate of drug-likeness (QED) is 0.0821. The van der Waals surface area contributed by atoms with Gasteiger partial charge in [-0.1, -0.05) is 175 Å². The predicted octanol–water partition coefficient (Wildman–Crippen LogP) is 11.3. The van der Waals surface area contributed by atoms with Gasteiger partial charge in [0.2, 0.25) is 0 Å². The summed E-state index contributed by atoms with van der Waals surface area (Å²) < 4.78 is 5.40. The summed E-state index contributed by atoms with van der Waals surface area (Å²) in [6.45, 7) is 7.10. The van der Waals surface area contributed by atoms with Crippen molar-refractivity contribution in [3.05, 3.63) is 0 Å². The van der Waals surface area contributed by atoms with E-state index >= 15 is 0 Å². The minimum Gasteiger partial charge on any atom is -0.466 e. The maximum Gasteiger partial charge on any atom is 0.305 e. The Kier molecular flexibility index (Phi) is 28.3. The molecule has 0 aromatic heterocycles. The minimum absolute atomic E-state index is 0.0388. The second kappa shape index (κ2) is 28.7. The SMILES string of the molecule is CCCCCCCCCCCCCCC(CCCCCCCCCCCC)CCOC(=O)CC. The molecule has 204 valence electrons. The van der Waals surface area contributed by atoms with Crippen molar-refractivity contribution in [3.63, 3.8) is 0 Å². The highest BCUT2D eigenvalue weighted by molar-refractivity contribution is 5.68. The minimum atomic E-state index is -0.0388. The first-order valence-electron chi connectivity index (χ1n) is 15.9. The smallest absolute Gasteiger partial charge is 0.305 e. The molecule has 0 aliphatic heterocycles. The van der Waals surface area contributed by atoms with Gasteiger partial charge in [0.15, 0.2) is 0 Å². The van der Waals surface area contributed by atoms with E-state index in [4.69, 9.17) is 4.74 Å². The lowest BCUT2D eigenvalue weighted by Gasteiger charge is -2.17. The molecule has 0 aliphatic rings. The third-order valence-electron chi connectivity index (χ3n) is 7.51. The van der Waals surface area contributed by atoms with E-state index in [0.717, 1.165) is 12.3 Å². The molecule has 34 heavy (non-hydrogen) atoms. The fourth-order valence-corrected chi connectivity index (χ4v) is 5.07. The average molecular weight is 481 g/mol. The van der Waals surface area contributed by atoms with Crippen LogP contribution in [0.3, 0.4) is 0 Å². The van der Waals surface area contributed by atoms with Crippen LogP contribution in [0.15, 0.2) is 0 Å². The van der Waals surface area contributed by atoms with E-state index in [1.807, 2.05) is 6.92 Å². The van der Waals surface area contributed by atoms with E-state index in [1.165, 1.54) is 154 Å². The maximum atomic E-state index is 11.5. The van der Waals surface area contributed by atoms with E-state index in [9.17, 15) is 4.79 Å². The molecular weight excluding hydrogens is 416 g/mol. The van der Waals surface area contributed by atoms with Crippen molar-refractivity contribution in [1.29, 1.82) is 0 Å². The first kappa shape index (κ1) is 33.5. The summed E-state index contributed by atoms with van der Waals surface area (Å²) in [6.07, 6.45) is 35.3. The molecular formula is C32H64O2. The maximum absolute atomic E-state index is 11.5. The third-order valence-corrected chi connectivity index (χ3v) is 7.51. The molecule has 1 atom stereocenters. The van der Waals surface area contributed by atoms with Crippen molar-refractivity contribution in [2.24, 2.45) is 5.92 Å². The van der Waals surface area contributed by atoms with Crippen molar-refractivity contribution < 1.29 is 9.53 Å². The lowest BCUT2D eigenvalue weighted by molar-refractivity contribution is -0.143. The van der Waals surface area contributed by atoms with E-state index in [2.05, 4.69) is 13.8 Å². The summed E-state index contributed by atoms with van der Waals surface area (Å²) in [6, 6.07) is 0. The summed E-state index contributed by atoms with van der Waals surface area (Å²) in [5.41, 5.74) is 0. The molecule has 0 heterocycles. The molecule has 2 heteroatoms. The first-order valence-corrected chi connectivity index (χ1v) is 15.9. The van der Waals surface area contributed by atoms with E-state index in [0.29, 0.717) is 13.0 Å². The number of esters is 1. The summed E-state index contributed by atoms with van der Waals surface area (Å²) in [7, 11) is 0. The molecule has 0 N–H and O–H groups in total. The Balaban J connectivity index is 3.77. The fraction of sp³-hybridized carbons (Fsp3) is 0.969. The van der Waals surface area contributed by atoms with E-state index in [1.54, 1.807) is 0 Å². The molecule has 0 radical (unpaired) electrons. The van der Waals surface area contributed by atoms with Crippen molar-refractivity contribution >= 4 is 5.97 Å². The van der Waals surface area contributed by atoms with Gasteiger partial charge in [-0.25, -0.2) is 0 Å². The molecule has 0 aromatic carbocycles. The van der Waals surface area contributed by atoms with Crippen LogP contribution in [0.25, 0.3) is 0 Å². The zero-order chi connectivity index (χ0) is 25.0. The summed E-state index contributed by atoms with van der Waals surface area (Å²) in [5.74, 6) is 0.713. The van der Waals surface area contributed by atoms with Crippen LogP contribution in [0.1, 0.15) is 188 Å². The summed E-state index contributed by atoms with van der Waals surface area (Å²) in [4.78, 5) is 11.5. The molecule has 0 bridgehead atoms. The Hall–Kier alpha value is -0.530. The van der Waals surface area contributed by atoms with Gasteiger partial charge in [-0.05, 0) is 12.3 Å². The zero-order valence-corrected chi connectivity index (χ0v) is 24.0. The molecule has 1 unspecified atom stereocenters. The molecule has 0 fully saturated rings. The second-order valence-corrected chi connectivity index (χ2v) is 10.9. The standard InChI is InChI=1S/C32H64O2/c1-4-7-9-11-13-15-17-18-20-22-24-26-28-31(29-30-34-32(33)6-3)27-25-23-21-19-16-14-12-10-8-5-2/h31H,4-30H2,1-3H3. The largest absolute Gasteiger partial charge is 0.466 e. The number of hydrogen-bond donors (Lipinski definition) is 0. The van der Waals surface area contributed by atoms with Gasteiger partial charge >= 0.3 is 5.97 Å². The van der Waals surface area contributed by atoms with Crippen molar-refractivity contribution in [3.8, 4) is 0 Å². The number of hydrogen-bond acceptors (Lipinski definition) is 2. The van der Waals surface area contributed by atoms with Gasteiger partial charge in [-0.3, -0.25) is 4.79 Å². The zero-order valence-electron chi connectivity index (χ0n) is 24.0. The molecule has 0 saturated heterocycles. The number of unbranched alkanes of at least 4 members (excludes halogenated alkanes) is 20. The Labute approximate surface area is 215 Å². The highest BCUT2D eigenvalue weighted by Crippen LogP contribution is 2.23. The van der Waals surface area contributed by atoms with E-state index in [-0.39, 0.29) is 5.97 Å². The molecule has 2 nitrogen and oxygen atoms in total. The van der Waals surface area contributed by atoms with Crippen molar-refractivity contribution in [2.45, 2.75) is 188 Å². The molecule has 0 rings (SSSR count). The Bertz CT molecular complexity index is 392.